The van der Waals surface area contributed by atoms with Gasteiger partial charge >= 0.3 is 12.0 Å². The predicted octanol–water partition coefficient (Wildman–Crippen LogP) is 1.87. The lowest BCUT2D eigenvalue weighted by molar-refractivity contribution is -0.145. The van der Waals surface area contributed by atoms with Crippen LogP contribution in [0.1, 0.15) is 52.8 Å². The summed E-state index contributed by atoms with van der Waals surface area (Å²) in [6.45, 7) is 0.266. The topological polar surface area (TPSA) is 114 Å². The molecule has 3 atom stereocenters. The van der Waals surface area contributed by atoms with Gasteiger partial charge in [0.2, 0.25) is 0 Å². The van der Waals surface area contributed by atoms with E-state index in [4.69, 9.17) is 9.57 Å². The van der Waals surface area contributed by atoms with E-state index < -0.39 is 11.8 Å². The number of carbonyl (C=O) groups excluding carboxylic acids is 4. The standard InChI is InChI=1S/C21H25N3O6S/c25-17(9-4-3-8-16-18-15(12-31-16)22-21(28)23-18)29-10-5-11-30-24-19(26)13-6-1-2-7-14(13)20(24)27/h1-2,6-7,15-16,18H,3-5,8-12H2,(H2,22,23,28). The maximum atomic E-state index is 12.2. The first kappa shape index (κ1) is 21.6. The number of unbranched alkanes of at least 4 members (excludes halogenated alkanes) is 1. The number of thioether (sulfide) groups is 1. The van der Waals surface area contributed by atoms with E-state index in [1.54, 1.807) is 24.3 Å². The van der Waals surface area contributed by atoms with E-state index in [0.717, 1.165) is 30.1 Å². The molecule has 2 fully saturated rings. The average molecular weight is 448 g/mol. The zero-order valence-electron chi connectivity index (χ0n) is 17.0. The molecule has 1 aromatic carbocycles. The summed E-state index contributed by atoms with van der Waals surface area (Å²) in [5.74, 6) is -0.290. The van der Waals surface area contributed by atoms with Gasteiger partial charge in [-0.05, 0) is 25.0 Å². The molecule has 0 aromatic heterocycles. The Morgan fingerprint density at radius 1 is 1.03 bits per heavy atom. The van der Waals surface area contributed by atoms with Crippen molar-refractivity contribution in [1.82, 2.24) is 15.7 Å². The Labute approximate surface area is 184 Å². The second-order valence-corrected chi connectivity index (χ2v) is 9.00. The first-order valence-electron chi connectivity index (χ1n) is 10.5. The van der Waals surface area contributed by atoms with Crippen molar-refractivity contribution in [3.05, 3.63) is 35.4 Å². The van der Waals surface area contributed by atoms with E-state index in [1.165, 1.54) is 0 Å². The Balaban J connectivity index is 1.05. The SMILES string of the molecule is O=C1NC2CSC(CCCCC(=O)OCCCON3C(=O)c4ccccc4C3=O)C2N1. The summed E-state index contributed by atoms with van der Waals surface area (Å²) >= 11 is 1.86. The van der Waals surface area contributed by atoms with Crippen molar-refractivity contribution in [3.8, 4) is 0 Å². The number of imide groups is 1. The number of hydrogen-bond acceptors (Lipinski definition) is 7. The van der Waals surface area contributed by atoms with E-state index in [9.17, 15) is 19.2 Å². The van der Waals surface area contributed by atoms with Crippen molar-refractivity contribution in [2.24, 2.45) is 0 Å². The summed E-state index contributed by atoms with van der Waals surface area (Å²) in [6.07, 6.45) is 3.31. The average Bonchev–Trinajstić information content (AvgIpc) is 3.38. The Bertz CT molecular complexity index is 843. The van der Waals surface area contributed by atoms with E-state index in [1.807, 2.05) is 11.8 Å². The van der Waals surface area contributed by atoms with Crippen molar-refractivity contribution >= 4 is 35.6 Å². The van der Waals surface area contributed by atoms with Crippen molar-refractivity contribution in [2.75, 3.05) is 19.0 Å². The third-order valence-corrected chi connectivity index (χ3v) is 7.10. The Kier molecular flexibility index (Phi) is 6.77. The van der Waals surface area contributed by atoms with Gasteiger partial charge in [0.1, 0.15) is 0 Å². The molecule has 166 valence electrons. The van der Waals surface area contributed by atoms with Crippen LogP contribution in [-0.2, 0) is 14.4 Å². The minimum absolute atomic E-state index is 0.0872. The number of hydroxylamine groups is 2. The smallest absolute Gasteiger partial charge is 0.315 e. The Morgan fingerprint density at radius 3 is 2.52 bits per heavy atom. The van der Waals surface area contributed by atoms with E-state index >= 15 is 0 Å². The monoisotopic (exact) mass is 447 g/mol. The molecule has 31 heavy (non-hydrogen) atoms. The van der Waals surface area contributed by atoms with Crippen LogP contribution in [0.5, 0.6) is 0 Å². The predicted molar refractivity (Wildman–Crippen MR) is 112 cm³/mol. The molecule has 3 aliphatic heterocycles. The van der Waals surface area contributed by atoms with Gasteiger partial charge in [-0.1, -0.05) is 18.6 Å². The van der Waals surface area contributed by atoms with Crippen LogP contribution in [0.4, 0.5) is 4.79 Å². The maximum Gasteiger partial charge on any atom is 0.315 e. The molecule has 1 aromatic rings. The van der Waals surface area contributed by atoms with Gasteiger partial charge in [0.05, 0.1) is 36.4 Å². The van der Waals surface area contributed by atoms with Gasteiger partial charge in [0, 0.05) is 23.8 Å². The highest BCUT2D eigenvalue weighted by atomic mass is 32.2. The fraction of sp³-hybridized carbons (Fsp3) is 0.524. The lowest BCUT2D eigenvalue weighted by Crippen LogP contribution is -2.36. The second kappa shape index (κ2) is 9.69. The molecule has 3 heterocycles. The molecular weight excluding hydrogens is 422 g/mol. The molecule has 0 spiro atoms. The molecular formula is C21H25N3O6S. The fourth-order valence-electron chi connectivity index (χ4n) is 4.02. The molecule has 3 unspecified atom stereocenters. The molecule has 2 saturated heterocycles. The fourth-order valence-corrected chi connectivity index (χ4v) is 5.56. The van der Waals surface area contributed by atoms with E-state index in [2.05, 4.69) is 10.6 Å². The Morgan fingerprint density at radius 2 is 1.77 bits per heavy atom. The van der Waals surface area contributed by atoms with E-state index in [-0.39, 0.29) is 37.3 Å². The summed E-state index contributed by atoms with van der Waals surface area (Å²) in [5, 5.41) is 7.04. The number of ether oxygens (including phenoxy) is 1. The number of fused-ring (bicyclic) bond motifs is 2. The number of nitrogens with zero attached hydrogens (tertiary/aromatic N) is 1. The van der Waals surface area contributed by atoms with Gasteiger partial charge in [0.25, 0.3) is 11.8 Å². The third-order valence-electron chi connectivity index (χ3n) is 5.59. The van der Waals surface area contributed by atoms with Crippen LogP contribution in [0.15, 0.2) is 24.3 Å². The van der Waals surface area contributed by atoms with Gasteiger partial charge in [-0.15, -0.1) is 5.06 Å². The number of amides is 4. The van der Waals surface area contributed by atoms with Crippen molar-refractivity contribution in [1.29, 1.82) is 0 Å². The maximum absolute atomic E-state index is 12.2. The molecule has 9 nitrogen and oxygen atoms in total. The molecule has 4 rings (SSSR count). The zero-order valence-corrected chi connectivity index (χ0v) is 17.8. The lowest BCUT2D eigenvalue weighted by atomic mass is 10.0. The van der Waals surface area contributed by atoms with Gasteiger partial charge in [0.15, 0.2) is 0 Å². The molecule has 0 aliphatic carbocycles. The summed E-state index contributed by atoms with van der Waals surface area (Å²) < 4.78 is 5.20. The number of carbonyl (C=O) groups is 4. The number of benzene rings is 1. The summed E-state index contributed by atoms with van der Waals surface area (Å²) in [7, 11) is 0. The highest BCUT2D eigenvalue weighted by molar-refractivity contribution is 8.00. The van der Waals surface area contributed by atoms with E-state index in [0.29, 0.717) is 29.2 Å². The highest BCUT2D eigenvalue weighted by Crippen LogP contribution is 2.33. The minimum atomic E-state index is -0.475. The van der Waals surface area contributed by atoms with Crippen molar-refractivity contribution in [2.45, 2.75) is 49.4 Å². The van der Waals surface area contributed by atoms with Crippen LogP contribution in [0.25, 0.3) is 0 Å². The van der Waals surface area contributed by atoms with Crippen molar-refractivity contribution < 1.29 is 28.8 Å². The van der Waals surface area contributed by atoms with Crippen molar-refractivity contribution in [3.63, 3.8) is 0 Å². The molecule has 0 radical (unpaired) electrons. The third kappa shape index (κ3) is 4.85. The van der Waals surface area contributed by atoms with Gasteiger partial charge in [-0.2, -0.15) is 11.8 Å². The molecule has 2 N–H and O–H groups in total. The van der Waals surface area contributed by atoms with Crippen LogP contribution in [0, 0.1) is 0 Å². The Hall–Kier alpha value is -2.59. The number of rotatable bonds is 10. The number of esters is 1. The molecule has 3 aliphatic rings. The van der Waals surface area contributed by atoms with Crippen LogP contribution < -0.4 is 10.6 Å². The van der Waals surface area contributed by atoms with Crippen LogP contribution >= 0.6 is 11.8 Å². The molecule has 0 saturated carbocycles. The number of hydrogen-bond donors (Lipinski definition) is 2. The van der Waals surface area contributed by atoms with Crippen LogP contribution in [0.2, 0.25) is 0 Å². The summed E-state index contributed by atoms with van der Waals surface area (Å²) in [5.41, 5.74) is 0.661. The zero-order chi connectivity index (χ0) is 21.8. The van der Waals surface area contributed by atoms with Gasteiger partial charge in [-0.3, -0.25) is 19.2 Å². The molecule has 0 bridgehead atoms. The highest BCUT2D eigenvalue weighted by Gasteiger charge is 2.42. The summed E-state index contributed by atoms with van der Waals surface area (Å²) in [6, 6.07) is 6.88. The first-order valence-corrected chi connectivity index (χ1v) is 11.5. The largest absolute Gasteiger partial charge is 0.466 e. The normalized spacial score (nSPS) is 24.1. The van der Waals surface area contributed by atoms with Crippen LogP contribution in [-0.4, -0.2) is 65.2 Å². The van der Waals surface area contributed by atoms with Gasteiger partial charge in [-0.25, -0.2) is 4.79 Å². The quantitative estimate of drug-likeness (QED) is 0.244. The van der Waals surface area contributed by atoms with Gasteiger partial charge < -0.3 is 15.4 Å². The number of urea groups is 1. The second-order valence-electron chi connectivity index (χ2n) is 7.73. The summed E-state index contributed by atoms with van der Waals surface area (Å²) in [4.78, 5) is 52.9. The minimum Gasteiger partial charge on any atom is -0.466 e. The molecule has 4 amide bonds. The first-order chi connectivity index (χ1) is 15.0. The number of nitrogens with one attached hydrogen (secondary N) is 2. The van der Waals surface area contributed by atoms with Crippen LogP contribution in [0.3, 0.4) is 0 Å². The molecule has 10 heteroatoms. The lowest BCUT2D eigenvalue weighted by Gasteiger charge is -2.16.